The van der Waals surface area contributed by atoms with Crippen molar-refractivity contribution in [2.75, 3.05) is 25.4 Å². The number of carbonyl (C=O) groups is 1. The summed E-state index contributed by atoms with van der Waals surface area (Å²) in [5, 5.41) is 9.52. The Kier molecular flexibility index (Phi) is 5.55. The summed E-state index contributed by atoms with van der Waals surface area (Å²) < 4.78 is 29.7. The molecule has 1 N–H and O–H groups in total. The lowest BCUT2D eigenvalue weighted by atomic mass is 9.93. The van der Waals surface area contributed by atoms with Crippen molar-refractivity contribution in [3.05, 3.63) is 29.8 Å². The summed E-state index contributed by atoms with van der Waals surface area (Å²) >= 11 is 0. The average Bonchev–Trinajstić information content (AvgIpc) is 2.50. The van der Waals surface area contributed by atoms with Crippen molar-refractivity contribution in [1.29, 1.82) is 0 Å². The molecule has 0 aromatic heterocycles. The fourth-order valence-corrected chi connectivity index (χ4v) is 5.19. The second kappa shape index (κ2) is 7.11. The maximum atomic E-state index is 13.0. The van der Waals surface area contributed by atoms with Gasteiger partial charge in [0, 0.05) is 19.1 Å². The number of sulfone groups is 1. The molecular weight excluding hydrogens is 330 g/mol. The van der Waals surface area contributed by atoms with Crippen LogP contribution in [0.3, 0.4) is 0 Å². The molecule has 2 rings (SSSR count). The molecule has 0 radical (unpaired) electrons. The van der Waals surface area contributed by atoms with Gasteiger partial charge < -0.3 is 9.84 Å². The number of rotatable bonds is 5. The molecule has 134 valence electrons. The van der Waals surface area contributed by atoms with Crippen LogP contribution in [0.4, 0.5) is 0 Å². The van der Waals surface area contributed by atoms with Gasteiger partial charge in [0.2, 0.25) is 0 Å². The Balaban J connectivity index is 2.54. The van der Waals surface area contributed by atoms with Gasteiger partial charge >= 0.3 is 5.97 Å². The predicted octanol–water partition coefficient (Wildman–Crippen LogP) is 1.68. The molecule has 0 aliphatic carbocycles. The minimum absolute atomic E-state index is 0.00847. The molecule has 6 nitrogen and oxygen atoms in total. The van der Waals surface area contributed by atoms with Crippen molar-refractivity contribution < 1.29 is 23.1 Å². The molecule has 1 aliphatic rings. The van der Waals surface area contributed by atoms with Crippen molar-refractivity contribution in [3.8, 4) is 5.75 Å². The Bertz CT molecular complexity index is 683. The molecule has 24 heavy (non-hydrogen) atoms. The number of ether oxygens (including phenoxy) is 1. The topological polar surface area (TPSA) is 83.9 Å². The molecule has 1 atom stereocenters. The van der Waals surface area contributed by atoms with Gasteiger partial charge in [-0.05, 0) is 38.5 Å². The molecule has 1 fully saturated rings. The number of carbonyl (C=O) groups excluding carboxylic acids is 1. The van der Waals surface area contributed by atoms with Crippen LogP contribution in [0.1, 0.15) is 32.8 Å². The van der Waals surface area contributed by atoms with Crippen LogP contribution in [0.5, 0.6) is 5.75 Å². The van der Waals surface area contributed by atoms with Gasteiger partial charge in [-0.2, -0.15) is 0 Å². The van der Waals surface area contributed by atoms with E-state index in [4.69, 9.17) is 4.74 Å². The summed E-state index contributed by atoms with van der Waals surface area (Å²) in [5.74, 6) is -0.482. The number of nitrogens with zero attached hydrogens (tertiary/aromatic N) is 1. The van der Waals surface area contributed by atoms with Crippen LogP contribution >= 0.6 is 0 Å². The first-order valence-corrected chi connectivity index (χ1v) is 9.78. The van der Waals surface area contributed by atoms with Crippen LogP contribution in [-0.2, 0) is 24.1 Å². The normalized spacial score (nSPS) is 24.0. The molecule has 7 heteroatoms. The van der Waals surface area contributed by atoms with Gasteiger partial charge in [0.05, 0.1) is 18.8 Å². The zero-order valence-corrected chi connectivity index (χ0v) is 15.2. The van der Waals surface area contributed by atoms with E-state index in [2.05, 4.69) is 4.90 Å². The van der Waals surface area contributed by atoms with Crippen molar-refractivity contribution in [1.82, 2.24) is 4.90 Å². The minimum Gasteiger partial charge on any atom is -0.508 e. The van der Waals surface area contributed by atoms with E-state index in [-0.39, 0.29) is 37.1 Å². The number of phenolic OH excluding ortho intramolecular Hbond substituents is 1. The molecule has 1 unspecified atom stereocenters. The van der Waals surface area contributed by atoms with E-state index in [1.165, 1.54) is 12.1 Å². The van der Waals surface area contributed by atoms with E-state index >= 15 is 0 Å². The lowest BCUT2D eigenvalue weighted by molar-refractivity contribution is -0.144. The molecule has 1 heterocycles. The molecular formula is C17H25NO5S. The average molecular weight is 355 g/mol. The molecule has 0 amide bonds. The van der Waals surface area contributed by atoms with Crippen LogP contribution in [0.2, 0.25) is 0 Å². The number of aromatic hydroxyl groups is 1. The first kappa shape index (κ1) is 18.7. The van der Waals surface area contributed by atoms with Crippen molar-refractivity contribution in [3.63, 3.8) is 0 Å². The summed E-state index contributed by atoms with van der Waals surface area (Å²) in [6.07, 6.45) is -0.225. The van der Waals surface area contributed by atoms with Crippen molar-refractivity contribution >= 4 is 15.8 Å². The van der Waals surface area contributed by atoms with Gasteiger partial charge in [-0.15, -0.1) is 0 Å². The lowest BCUT2D eigenvalue weighted by Crippen LogP contribution is -2.56. The van der Waals surface area contributed by atoms with Crippen molar-refractivity contribution in [2.45, 2.75) is 38.0 Å². The summed E-state index contributed by atoms with van der Waals surface area (Å²) in [5.41, 5.74) is 0.513. The Labute approximate surface area is 143 Å². The van der Waals surface area contributed by atoms with Gasteiger partial charge in [-0.3, -0.25) is 9.69 Å². The second-order valence-corrected chi connectivity index (χ2v) is 8.83. The number of hydrogen-bond donors (Lipinski definition) is 1. The van der Waals surface area contributed by atoms with Crippen LogP contribution in [0.25, 0.3) is 0 Å². The zero-order valence-electron chi connectivity index (χ0n) is 14.4. The third-order valence-corrected chi connectivity index (χ3v) is 6.98. The number of benzene rings is 1. The van der Waals surface area contributed by atoms with Gasteiger partial charge in [-0.25, -0.2) is 8.42 Å². The Morgan fingerprint density at radius 3 is 2.50 bits per heavy atom. The molecule has 0 spiro atoms. The van der Waals surface area contributed by atoms with E-state index in [1.54, 1.807) is 19.1 Å². The lowest BCUT2D eigenvalue weighted by Gasteiger charge is -2.43. The third kappa shape index (κ3) is 3.57. The fraction of sp³-hybridized carbons (Fsp3) is 0.588. The third-order valence-electron chi connectivity index (χ3n) is 4.56. The summed E-state index contributed by atoms with van der Waals surface area (Å²) in [6.45, 7) is 6.59. The molecule has 1 aliphatic heterocycles. The van der Waals surface area contributed by atoms with Gasteiger partial charge in [0.1, 0.15) is 10.5 Å². The van der Waals surface area contributed by atoms with E-state index < -0.39 is 20.6 Å². The molecule has 1 aromatic carbocycles. The van der Waals surface area contributed by atoms with Gasteiger partial charge in [0.25, 0.3) is 0 Å². The molecule has 0 saturated carbocycles. The molecule has 1 aromatic rings. The van der Waals surface area contributed by atoms with Crippen LogP contribution < -0.4 is 0 Å². The van der Waals surface area contributed by atoms with Gasteiger partial charge in [0.15, 0.2) is 9.84 Å². The molecule has 0 bridgehead atoms. The predicted molar refractivity (Wildman–Crippen MR) is 91.5 cm³/mol. The zero-order chi connectivity index (χ0) is 18.0. The highest BCUT2D eigenvalue weighted by molar-refractivity contribution is 7.92. The highest BCUT2D eigenvalue weighted by atomic mass is 32.2. The maximum Gasteiger partial charge on any atom is 0.307 e. The first-order chi connectivity index (χ1) is 11.2. The van der Waals surface area contributed by atoms with E-state index in [0.29, 0.717) is 12.1 Å². The van der Waals surface area contributed by atoms with E-state index in [9.17, 15) is 18.3 Å². The molecule has 1 saturated heterocycles. The summed E-state index contributed by atoms with van der Waals surface area (Å²) in [4.78, 5) is 14.2. The van der Waals surface area contributed by atoms with Gasteiger partial charge in [-0.1, -0.05) is 12.1 Å². The minimum atomic E-state index is -3.56. The summed E-state index contributed by atoms with van der Waals surface area (Å²) in [6, 6.07) is 6.23. The Hall–Kier alpha value is -1.60. The first-order valence-electron chi connectivity index (χ1n) is 8.13. The Morgan fingerprint density at radius 1 is 1.33 bits per heavy atom. The maximum absolute atomic E-state index is 13.0. The van der Waals surface area contributed by atoms with Crippen LogP contribution in [-0.4, -0.2) is 55.9 Å². The monoisotopic (exact) mass is 355 g/mol. The second-order valence-electron chi connectivity index (χ2n) is 6.41. The highest BCUT2D eigenvalue weighted by Crippen LogP contribution is 2.40. The standard InChI is InChI=1S/C17H25NO5S/c1-4-23-16(20)11-17(14-5-7-15(19)8-6-14)12-18(13(2)3)9-10-24(17,21)22/h5-8,13,19H,4,9-12H2,1-3H3. The van der Waals surface area contributed by atoms with E-state index in [1.807, 2.05) is 13.8 Å². The largest absolute Gasteiger partial charge is 0.508 e. The number of phenols is 1. The Morgan fingerprint density at radius 2 is 1.96 bits per heavy atom. The van der Waals surface area contributed by atoms with Crippen LogP contribution in [0.15, 0.2) is 24.3 Å². The number of hydrogen-bond acceptors (Lipinski definition) is 6. The van der Waals surface area contributed by atoms with E-state index in [0.717, 1.165) is 0 Å². The van der Waals surface area contributed by atoms with Crippen LogP contribution in [0, 0.1) is 0 Å². The smallest absolute Gasteiger partial charge is 0.307 e. The highest BCUT2D eigenvalue weighted by Gasteiger charge is 2.51. The quantitative estimate of drug-likeness (QED) is 0.809. The van der Waals surface area contributed by atoms with Crippen molar-refractivity contribution in [2.24, 2.45) is 0 Å². The number of esters is 1. The fourth-order valence-electron chi connectivity index (χ4n) is 3.13. The summed E-state index contributed by atoms with van der Waals surface area (Å²) in [7, 11) is -3.56. The SMILES string of the molecule is CCOC(=O)CC1(c2ccc(O)cc2)CN(C(C)C)CCS1(=O)=O.